The number of rotatable bonds is 2. The number of aryl methyl sites for hydroxylation is 2. The van der Waals surface area contributed by atoms with Gasteiger partial charge in [-0.15, -0.1) is 20.4 Å². The van der Waals surface area contributed by atoms with Gasteiger partial charge in [0.1, 0.15) is 14.1 Å². The van der Waals surface area contributed by atoms with Crippen LogP contribution in [0.4, 0.5) is 0 Å². The van der Waals surface area contributed by atoms with E-state index in [4.69, 9.17) is 0 Å². The maximum absolute atomic E-state index is 4.14. The Labute approximate surface area is 116 Å². The first-order chi connectivity index (χ1) is 9.72. The second kappa shape index (κ2) is 5.08. The molecule has 0 saturated heterocycles. The number of hydrogen-bond acceptors (Lipinski definition) is 4. The Morgan fingerprint density at radius 1 is 0.600 bits per heavy atom. The maximum Gasteiger partial charge on any atom is 0.204 e. The Balaban J connectivity index is 1.91. The van der Waals surface area contributed by atoms with E-state index in [1.54, 1.807) is 0 Å². The summed E-state index contributed by atoms with van der Waals surface area (Å²) < 4.78 is 3.89. The molecular weight excluding hydrogens is 252 g/mol. The van der Waals surface area contributed by atoms with Crippen molar-refractivity contribution in [2.45, 2.75) is 0 Å². The largest absolute Gasteiger partial charge is 0.208 e. The molecule has 0 aliphatic heterocycles. The third kappa shape index (κ3) is 2.49. The van der Waals surface area contributed by atoms with Gasteiger partial charge in [-0.3, -0.25) is 0 Å². The van der Waals surface area contributed by atoms with Gasteiger partial charge >= 0.3 is 0 Å². The molecule has 0 aliphatic carbocycles. The molecule has 0 unspecified atom stereocenters. The normalized spacial score (nSPS) is 10.5. The Hall–Kier alpha value is -2.76. The number of hydrogen-bond donors (Lipinski definition) is 0. The fourth-order valence-corrected chi connectivity index (χ4v) is 1.76. The molecule has 98 valence electrons. The molecule has 0 radical (unpaired) electrons. The quantitative estimate of drug-likeness (QED) is 0.624. The van der Waals surface area contributed by atoms with Crippen LogP contribution in [0.1, 0.15) is 0 Å². The Bertz CT molecular complexity index is 640. The molecule has 0 fully saturated rings. The highest BCUT2D eigenvalue weighted by atomic mass is 15.3. The van der Waals surface area contributed by atoms with E-state index in [1.807, 2.05) is 72.3 Å². The van der Waals surface area contributed by atoms with Crippen molar-refractivity contribution in [3.05, 3.63) is 49.1 Å². The molecule has 0 atom stereocenters. The molecule has 3 aromatic heterocycles. The lowest BCUT2D eigenvalue weighted by molar-refractivity contribution is -0.671. The van der Waals surface area contributed by atoms with Crippen molar-refractivity contribution in [3.8, 4) is 22.8 Å². The van der Waals surface area contributed by atoms with E-state index in [2.05, 4.69) is 20.4 Å². The minimum atomic E-state index is 0.524. The van der Waals surface area contributed by atoms with Crippen molar-refractivity contribution in [2.75, 3.05) is 0 Å². The van der Waals surface area contributed by atoms with Crippen LogP contribution in [0, 0.1) is 0 Å². The molecule has 0 spiro atoms. The third-order valence-corrected chi connectivity index (χ3v) is 2.95. The van der Waals surface area contributed by atoms with Crippen LogP contribution in [0.25, 0.3) is 22.8 Å². The lowest BCUT2D eigenvalue weighted by Gasteiger charge is -1.99. The van der Waals surface area contributed by atoms with Gasteiger partial charge in [0.2, 0.25) is 11.6 Å². The molecule has 0 N–H and O–H groups in total. The predicted octanol–water partition coefficient (Wildman–Crippen LogP) is 0.250. The smallest absolute Gasteiger partial charge is 0.204 e. The topological polar surface area (TPSA) is 59.3 Å². The maximum atomic E-state index is 4.14. The molecule has 0 amide bonds. The van der Waals surface area contributed by atoms with Crippen LogP contribution in [0.15, 0.2) is 49.1 Å². The molecular formula is C14H14N6+2. The second-order valence-electron chi connectivity index (χ2n) is 4.55. The fraction of sp³-hybridized carbons (Fsp3) is 0.143. The first-order valence-corrected chi connectivity index (χ1v) is 6.21. The lowest BCUT2D eigenvalue weighted by Crippen LogP contribution is -2.25. The summed E-state index contributed by atoms with van der Waals surface area (Å²) in [6, 6.07) is 7.73. The first kappa shape index (κ1) is 12.3. The molecule has 3 heterocycles. The summed E-state index contributed by atoms with van der Waals surface area (Å²) in [5, 5.41) is 16.6. The average molecular weight is 266 g/mol. The van der Waals surface area contributed by atoms with Crippen LogP contribution in [0.5, 0.6) is 0 Å². The number of nitrogens with zero attached hydrogens (tertiary/aromatic N) is 6. The molecule has 20 heavy (non-hydrogen) atoms. The molecule has 0 aromatic carbocycles. The highest BCUT2D eigenvalue weighted by Gasteiger charge is 2.08. The van der Waals surface area contributed by atoms with Gasteiger partial charge in [-0.1, -0.05) is 0 Å². The molecule has 0 aliphatic rings. The lowest BCUT2D eigenvalue weighted by atomic mass is 10.2. The van der Waals surface area contributed by atoms with Gasteiger partial charge in [-0.25, -0.2) is 9.13 Å². The van der Waals surface area contributed by atoms with Crippen LogP contribution in [-0.4, -0.2) is 20.4 Å². The van der Waals surface area contributed by atoms with Crippen LogP contribution in [0.3, 0.4) is 0 Å². The number of aromatic nitrogens is 6. The predicted molar refractivity (Wildman–Crippen MR) is 70.8 cm³/mol. The zero-order valence-electron chi connectivity index (χ0n) is 11.3. The van der Waals surface area contributed by atoms with Crippen molar-refractivity contribution < 1.29 is 9.13 Å². The third-order valence-electron chi connectivity index (χ3n) is 2.95. The van der Waals surface area contributed by atoms with Crippen molar-refractivity contribution in [3.63, 3.8) is 0 Å². The Kier molecular flexibility index (Phi) is 3.12. The summed E-state index contributed by atoms with van der Waals surface area (Å²) >= 11 is 0. The van der Waals surface area contributed by atoms with Crippen molar-refractivity contribution in [2.24, 2.45) is 14.1 Å². The SMILES string of the molecule is C[n+]1ccc(-c2nnc(-c3cc[n+](C)cc3)nn2)cc1. The molecule has 3 rings (SSSR count). The van der Waals surface area contributed by atoms with Gasteiger partial charge < -0.3 is 0 Å². The van der Waals surface area contributed by atoms with Crippen LogP contribution in [-0.2, 0) is 14.1 Å². The summed E-state index contributed by atoms with van der Waals surface area (Å²) in [6.45, 7) is 0. The summed E-state index contributed by atoms with van der Waals surface area (Å²) in [5.41, 5.74) is 1.79. The monoisotopic (exact) mass is 266 g/mol. The zero-order chi connectivity index (χ0) is 13.9. The highest BCUT2D eigenvalue weighted by molar-refractivity contribution is 5.54. The van der Waals surface area contributed by atoms with Gasteiger partial charge in [0.05, 0.1) is 0 Å². The molecule has 3 aromatic rings. The number of pyridine rings is 2. The van der Waals surface area contributed by atoms with Gasteiger partial charge in [-0.05, 0) is 0 Å². The van der Waals surface area contributed by atoms with Crippen LogP contribution in [0.2, 0.25) is 0 Å². The van der Waals surface area contributed by atoms with E-state index >= 15 is 0 Å². The molecule has 0 saturated carbocycles. The Morgan fingerprint density at radius 2 is 0.900 bits per heavy atom. The van der Waals surface area contributed by atoms with Gasteiger partial charge in [-0.2, -0.15) is 0 Å². The first-order valence-electron chi connectivity index (χ1n) is 6.21. The van der Waals surface area contributed by atoms with E-state index in [0.717, 1.165) is 11.1 Å². The summed E-state index contributed by atoms with van der Waals surface area (Å²) in [5.74, 6) is 1.05. The minimum absolute atomic E-state index is 0.524. The van der Waals surface area contributed by atoms with E-state index in [9.17, 15) is 0 Å². The van der Waals surface area contributed by atoms with Crippen molar-refractivity contribution in [1.82, 2.24) is 20.4 Å². The van der Waals surface area contributed by atoms with Crippen molar-refractivity contribution in [1.29, 1.82) is 0 Å². The van der Waals surface area contributed by atoms with Crippen LogP contribution < -0.4 is 9.13 Å². The van der Waals surface area contributed by atoms with E-state index in [1.165, 1.54) is 0 Å². The molecule has 0 bridgehead atoms. The van der Waals surface area contributed by atoms with Crippen molar-refractivity contribution >= 4 is 0 Å². The standard InChI is InChI=1S/C14H14N6/c1-19-7-3-11(4-8-19)13-15-17-14(18-16-13)12-5-9-20(2)10-6-12/h3-10H,1-2H3/q+2. The summed E-state index contributed by atoms with van der Waals surface area (Å²) in [4.78, 5) is 0. The van der Waals surface area contributed by atoms with Gasteiger partial charge in [0.25, 0.3) is 0 Å². The van der Waals surface area contributed by atoms with Crippen LogP contribution >= 0.6 is 0 Å². The van der Waals surface area contributed by atoms with Gasteiger partial charge in [0, 0.05) is 35.4 Å². The van der Waals surface area contributed by atoms with E-state index in [-0.39, 0.29) is 0 Å². The molecule has 6 heteroatoms. The van der Waals surface area contributed by atoms with E-state index in [0.29, 0.717) is 11.6 Å². The summed E-state index contributed by atoms with van der Waals surface area (Å²) in [7, 11) is 3.92. The van der Waals surface area contributed by atoms with Gasteiger partial charge in [0.15, 0.2) is 24.8 Å². The molecule has 6 nitrogen and oxygen atoms in total. The fourth-order valence-electron chi connectivity index (χ4n) is 1.76. The Morgan fingerprint density at radius 3 is 1.20 bits per heavy atom. The minimum Gasteiger partial charge on any atom is -0.208 e. The zero-order valence-corrected chi connectivity index (χ0v) is 11.3. The van der Waals surface area contributed by atoms with E-state index < -0.39 is 0 Å². The summed E-state index contributed by atoms with van der Waals surface area (Å²) in [6.07, 6.45) is 7.74. The highest BCUT2D eigenvalue weighted by Crippen LogP contribution is 2.13. The second-order valence-corrected chi connectivity index (χ2v) is 4.55. The average Bonchev–Trinajstić information content (AvgIpc) is 2.49.